The minimum absolute atomic E-state index is 0. The molecule has 6 N–H and O–H groups in total. The molecule has 6 fully saturated rings. The van der Waals surface area contributed by atoms with Crippen LogP contribution in [0.5, 0.6) is 0 Å². The minimum Gasteiger partial charge on any atom is -0.481 e. The Kier molecular flexibility index (Phi) is 34.6. The van der Waals surface area contributed by atoms with Gasteiger partial charge in [0.25, 0.3) is 0 Å². The Labute approximate surface area is 675 Å². The predicted molar refractivity (Wildman–Crippen MR) is 438 cm³/mol. The molecule has 0 aromatic heterocycles. The normalized spacial score (nSPS) is 19.3. The summed E-state index contributed by atoms with van der Waals surface area (Å²) in [6.07, 6.45) is 9.23. The number of aliphatic carboxylic acids is 2. The molecule has 0 saturated carbocycles. The standard InChI is InChI=1S/C30H40N4O5S.C29H38N4O5S.C10H18O5.C7H13NO2.C6H11NO2.CH4.H2/c1-32-16-12-24(13-17-32)28(35)31-26(21-39-20-23-8-4-3-5-9-23)29(36)33-18-14-30(15-19-33)22-34(40(2,37)38)27-11-7-6-10-25(27)30;1-39(36,37)33-21-29(24-9-5-6-10-26(24)33)13-17-32(18-14-29)28(35)25(20-38-19-22-7-3-2-4-8-22)31-27(34)23-11-15-30-16-12-23;1-9(2,3)14-7(11)13-8(12)15-10(4,5)6;1-8-4-2-6(3-5-8)7(9)10;8-6(9)5-1-3-7-4-2-5;;/h3-11,24,26H,12-22H2,1-2H3,(H,31,35);2-10,23,25,30H,11-21H2,1H3,(H,31,34);1-6H3;6H,2-5H2,1H3,(H,9,10);5,7H,1-4H2,(H,8,9);1H4;1H/t26-;25-;;;;;/m11...../s1. The zero-order valence-electron chi connectivity index (χ0n) is 67.4. The van der Waals surface area contributed by atoms with Crippen LogP contribution in [0.4, 0.5) is 21.0 Å². The summed E-state index contributed by atoms with van der Waals surface area (Å²) in [6, 6.07) is 33.3. The summed E-state index contributed by atoms with van der Waals surface area (Å²) >= 11 is 0. The van der Waals surface area contributed by atoms with Gasteiger partial charge in [0.15, 0.2) is 0 Å². The van der Waals surface area contributed by atoms with E-state index in [1.54, 1.807) is 46.4 Å². The number of anilines is 2. The molecule has 114 heavy (non-hydrogen) atoms. The van der Waals surface area contributed by atoms with Crippen LogP contribution in [-0.4, -0.2) is 249 Å². The maximum Gasteiger partial charge on any atom is 0.519 e. The van der Waals surface area contributed by atoms with Crippen molar-refractivity contribution in [1.29, 1.82) is 0 Å². The molecule has 4 amide bonds. The van der Waals surface area contributed by atoms with Gasteiger partial charge in [0, 0.05) is 63.4 Å². The first-order valence-corrected chi connectivity index (χ1v) is 43.1. The van der Waals surface area contributed by atoms with Gasteiger partial charge in [-0.2, -0.15) is 0 Å². The molecule has 4 aromatic rings. The molecule has 6 saturated heterocycles. The topological polar surface area (TPSA) is 359 Å². The van der Waals surface area contributed by atoms with Crippen molar-refractivity contribution in [3.63, 3.8) is 0 Å². The van der Waals surface area contributed by atoms with Gasteiger partial charge in [-0.25, -0.2) is 26.4 Å². The van der Waals surface area contributed by atoms with Crippen molar-refractivity contribution in [2.24, 2.45) is 23.7 Å². The highest BCUT2D eigenvalue weighted by Gasteiger charge is 2.50. The second-order valence-electron chi connectivity index (χ2n) is 32.8. The molecule has 8 aliphatic rings. The lowest BCUT2D eigenvalue weighted by Gasteiger charge is -2.41. The molecule has 8 heterocycles. The number of fused-ring (bicyclic) bond motifs is 4. The highest BCUT2D eigenvalue weighted by atomic mass is 32.2. The van der Waals surface area contributed by atoms with Crippen LogP contribution in [0, 0.1) is 23.7 Å². The van der Waals surface area contributed by atoms with Crippen molar-refractivity contribution in [3.8, 4) is 0 Å². The Balaban J connectivity index is 0.000000252. The van der Waals surface area contributed by atoms with E-state index in [4.69, 9.17) is 29.2 Å². The molecule has 0 bridgehead atoms. The quantitative estimate of drug-likeness (QED) is 0.0401. The summed E-state index contributed by atoms with van der Waals surface area (Å²) in [5.74, 6) is -2.15. The lowest BCUT2D eigenvalue weighted by atomic mass is 9.74. The maximum absolute atomic E-state index is 13.8. The third kappa shape index (κ3) is 28.0. The van der Waals surface area contributed by atoms with Crippen LogP contribution in [0.2, 0.25) is 0 Å². The number of hydrogen-bond donors (Lipinski definition) is 6. The van der Waals surface area contributed by atoms with Crippen molar-refractivity contribution >= 4 is 79.3 Å². The van der Waals surface area contributed by atoms with E-state index in [1.165, 1.54) is 21.1 Å². The Hall–Kier alpha value is -8.30. The summed E-state index contributed by atoms with van der Waals surface area (Å²) < 4.78 is 78.8. The molecular formula is C83H126N10O19S2. The largest absolute Gasteiger partial charge is 0.519 e. The third-order valence-electron chi connectivity index (χ3n) is 21.8. The van der Waals surface area contributed by atoms with Crippen molar-refractivity contribution in [2.45, 2.75) is 173 Å². The van der Waals surface area contributed by atoms with E-state index in [0.717, 1.165) is 137 Å². The summed E-state index contributed by atoms with van der Waals surface area (Å²) in [5.41, 5.74) is 3.51. The number of benzene rings is 4. The molecule has 2 atom stereocenters. The van der Waals surface area contributed by atoms with Gasteiger partial charge in [-0.05, 0) is 219 Å². The Morgan fingerprint density at radius 2 is 0.781 bits per heavy atom. The summed E-state index contributed by atoms with van der Waals surface area (Å²) in [6.45, 7) is 20.5. The number of nitrogens with one attached hydrogen (secondary N) is 4. The van der Waals surface area contributed by atoms with Crippen molar-refractivity contribution in [2.75, 3.05) is 140 Å². The molecular weight excluding hydrogens is 1510 g/mol. The molecule has 0 radical (unpaired) electrons. The second kappa shape index (κ2) is 42.5. The average Bonchev–Trinajstić information content (AvgIpc) is 1.59. The van der Waals surface area contributed by atoms with Gasteiger partial charge in [-0.15, -0.1) is 0 Å². The summed E-state index contributed by atoms with van der Waals surface area (Å²) in [5, 5.41) is 29.5. The zero-order chi connectivity index (χ0) is 82.3. The fraction of sp³-hybridized carbons (Fsp3) is 0.614. The summed E-state index contributed by atoms with van der Waals surface area (Å²) in [4.78, 5) is 105. The number of para-hydroxylation sites is 2. The third-order valence-corrected chi connectivity index (χ3v) is 24.0. The van der Waals surface area contributed by atoms with Crippen molar-refractivity contribution in [3.05, 3.63) is 131 Å². The molecule has 0 unspecified atom stereocenters. The van der Waals surface area contributed by atoms with Crippen LogP contribution in [0.3, 0.4) is 0 Å². The van der Waals surface area contributed by atoms with Crippen molar-refractivity contribution in [1.82, 2.24) is 40.9 Å². The number of likely N-dealkylation sites (tertiary alicyclic amines) is 4. The van der Waals surface area contributed by atoms with E-state index in [1.807, 2.05) is 121 Å². The van der Waals surface area contributed by atoms with Crippen LogP contribution >= 0.6 is 0 Å². The number of carbonyl (C=O) groups excluding carboxylic acids is 6. The number of rotatable bonds is 18. The number of carboxylic acid groups (broad SMARTS) is 2. The number of ether oxygens (including phenoxy) is 5. The number of sulfonamides is 2. The SMILES string of the molecule is C.CC(C)(C)OC(=O)OC(=O)OC(C)(C)C.CN1CCC(C(=O)N[C@H](COCc2ccccc2)C(=O)N2CCC3(CC2)CN(S(C)(=O)=O)c2ccccc23)CC1.CN1CCC(C(=O)O)CC1.CS(=O)(=O)N1CC2(CCN(C(=O)[C@@H](COCc3ccccc3)NC(=O)C3CCNCC3)CC2)c2ccccc21.O=C(O)C1CCNCC1.[HH]. The first-order chi connectivity index (χ1) is 53.4. The lowest BCUT2D eigenvalue weighted by Crippen LogP contribution is -2.56. The zero-order valence-corrected chi connectivity index (χ0v) is 69.0. The molecule has 0 aliphatic carbocycles. The first-order valence-electron chi connectivity index (χ1n) is 39.4. The smallest absolute Gasteiger partial charge is 0.481 e. The highest BCUT2D eigenvalue weighted by Crippen LogP contribution is 2.49. The van der Waals surface area contributed by atoms with E-state index in [2.05, 4.69) is 42.9 Å². The number of nitrogens with zero attached hydrogens (tertiary/aromatic N) is 6. The number of amides is 4. The van der Waals surface area contributed by atoms with E-state index < -0.39 is 67.6 Å². The maximum atomic E-state index is 13.8. The molecule has 634 valence electrons. The average molecular weight is 1630 g/mol. The van der Waals surface area contributed by atoms with E-state index in [-0.39, 0.29) is 80.2 Å². The predicted octanol–water partition coefficient (Wildman–Crippen LogP) is 8.64. The van der Waals surface area contributed by atoms with Gasteiger partial charge in [-0.1, -0.05) is 104 Å². The molecule has 29 nitrogen and oxygen atoms in total. The Bertz CT molecular complexity index is 4010. The Morgan fingerprint density at radius 1 is 0.474 bits per heavy atom. The van der Waals surface area contributed by atoms with Crippen LogP contribution < -0.4 is 29.9 Å². The number of hydrogen-bond acceptors (Lipinski definition) is 21. The van der Waals surface area contributed by atoms with Gasteiger partial charge in [-0.3, -0.25) is 37.4 Å². The van der Waals surface area contributed by atoms with Crippen LogP contribution in [0.15, 0.2) is 109 Å². The monoisotopic (exact) mass is 1630 g/mol. The minimum atomic E-state index is -3.41. The molecule has 2 spiro atoms. The van der Waals surface area contributed by atoms with Gasteiger partial charge >= 0.3 is 24.2 Å². The van der Waals surface area contributed by atoms with E-state index >= 15 is 0 Å². The second-order valence-corrected chi connectivity index (χ2v) is 36.6. The summed E-state index contributed by atoms with van der Waals surface area (Å²) in [7, 11) is -2.74. The van der Waals surface area contributed by atoms with Crippen LogP contribution in [0.1, 0.15) is 150 Å². The van der Waals surface area contributed by atoms with E-state index in [9.17, 15) is 55.2 Å². The van der Waals surface area contributed by atoms with Crippen LogP contribution in [-0.2, 0) is 96.5 Å². The van der Waals surface area contributed by atoms with Gasteiger partial charge in [0.05, 0.1) is 62.1 Å². The number of carbonyl (C=O) groups is 8. The van der Waals surface area contributed by atoms with Gasteiger partial charge < -0.3 is 74.8 Å². The fourth-order valence-electron chi connectivity index (χ4n) is 15.3. The molecule has 4 aromatic carbocycles. The fourth-order valence-corrected chi connectivity index (χ4v) is 17.3. The highest BCUT2D eigenvalue weighted by molar-refractivity contribution is 7.92. The molecule has 12 rings (SSSR count). The van der Waals surface area contributed by atoms with Crippen molar-refractivity contribution < 1.29 is 90.5 Å². The first kappa shape index (κ1) is 92.9. The molecule has 8 aliphatic heterocycles. The van der Waals surface area contributed by atoms with Gasteiger partial charge in [0.1, 0.15) is 23.3 Å². The lowest BCUT2D eigenvalue weighted by molar-refractivity contribution is -0.143. The Morgan fingerprint density at radius 3 is 1.11 bits per heavy atom. The number of piperidine rings is 6. The van der Waals surface area contributed by atoms with Gasteiger partial charge in [0.2, 0.25) is 43.7 Å². The molecule has 31 heteroatoms. The number of carboxylic acids is 2. The van der Waals surface area contributed by atoms with E-state index in [0.29, 0.717) is 78.2 Å². The van der Waals surface area contributed by atoms with Crippen LogP contribution in [0.25, 0.3) is 0 Å².